The van der Waals surface area contributed by atoms with Gasteiger partial charge in [-0.15, -0.1) is 10.2 Å². The van der Waals surface area contributed by atoms with Crippen LogP contribution in [0, 0.1) is 6.92 Å². The number of pyridine rings is 1. The molecule has 0 fully saturated rings. The number of furan rings is 1. The minimum absolute atomic E-state index is 0.692. The fourth-order valence-corrected chi connectivity index (χ4v) is 5.70. The number of para-hydroxylation sites is 1. The van der Waals surface area contributed by atoms with E-state index >= 15 is 0 Å². The van der Waals surface area contributed by atoms with Crippen LogP contribution in [0.4, 0.5) is 0 Å². The monoisotopic (exact) mass is 563 g/mol. The normalized spacial score (nSPS) is 11.5. The lowest BCUT2D eigenvalue weighted by Gasteiger charge is -2.06. The zero-order valence-corrected chi connectivity index (χ0v) is 22.0. The van der Waals surface area contributed by atoms with Crippen molar-refractivity contribution in [3.05, 3.63) is 101 Å². The van der Waals surface area contributed by atoms with Crippen LogP contribution in [-0.4, -0.2) is 24.8 Å². The van der Waals surface area contributed by atoms with Crippen LogP contribution in [0.25, 0.3) is 60.6 Å². The highest BCUT2D eigenvalue weighted by molar-refractivity contribution is 9.10. The molecule has 0 spiro atoms. The predicted molar refractivity (Wildman–Crippen MR) is 150 cm³/mol. The molecule has 7 rings (SSSR count). The maximum atomic E-state index is 6.26. The number of hydrogen-bond acceptors (Lipinski definition) is 6. The average Bonchev–Trinajstić information content (AvgIpc) is 3.66. The van der Waals surface area contributed by atoms with Gasteiger partial charge in [-0.3, -0.25) is 0 Å². The number of aryl methyl sites for hydroxylation is 1. The Labute approximate surface area is 224 Å². The highest BCUT2D eigenvalue weighted by atomic mass is 79.9. The molecule has 0 bridgehead atoms. The molecule has 178 valence electrons. The second kappa shape index (κ2) is 8.76. The zero-order chi connectivity index (χ0) is 24.9. The Balaban J connectivity index is 1.37. The number of benzene rings is 3. The van der Waals surface area contributed by atoms with Crippen molar-refractivity contribution in [2.24, 2.45) is 0 Å². The summed E-state index contributed by atoms with van der Waals surface area (Å²) >= 11 is 5.12. The van der Waals surface area contributed by atoms with E-state index < -0.39 is 0 Å². The molecular formula is C29H18BrN5OS. The van der Waals surface area contributed by atoms with Gasteiger partial charge >= 0.3 is 0 Å². The number of fused-ring (bicyclic) bond motifs is 2. The molecule has 0 aliphatic carbocycles. The summed E-state index contributed by atoms with van der Waals surface area (Å²) in [6, 6.07) is 30.3. The lowest BCUT2D eigenvalue weighted by Crippen LogP contribution is -1.93. The van der Waals surface area contributed by atoms with E-state index in [9.17, 15) is 0 Å². The van der Waals surface area contributed by atoms with Crippen LogP contribution in [0.1, 0.15) is 5.56 Å². The van der Waals surface area contributed by atoms with E-state index in [1.165, 1.54) is 16.9 Å². The first-order valence-electron chi connectivity index (χ1n) is 11.7. The molecule has 8 heteroatoms. The van der Waals surface area contributed by atoms with Gasteiger partial charge in [0.25, 0.3) is 0 Å². The molecule has 0 aliphatic rings. The summed E-state index contributed by atoms with van der Waals surface area (Å²) in [4.78, 5) is 5.64. The van der Waals surface area contributed by atoms with Crippen LogP contribution >= 0.6 is 27.3 Å². The van der Waals surface area contributed by atoms with E-state index in [0.717, 1.165) is 53.5 Å². The van der Waals surface area contributed by atoms with E-state index in [4.69, 9.17) is 14.5 Å². The molecule has 0 aliphatic heterocycles. The van der Waals surface area contributed by atoms with Crippen molar-refractivity contribution in [1.82, 2.24) is 24.8 Å². The Morgan fingerprint density at radius 2 is 1.59 bits per heavy atom. The molecule has 0 unspecified atom stereocenters. The molecule has 0 saturated heterocycles. The number of nitrogens with zero attached hydrogens (tertiary/aromatic N) is 5. The summed E-state index contributed by atoms with van der Waals surface area (Å²) < 4.78 is 9.00. The van der Waals surface area contributed by atoms with Crippen LogP contribution in [0.2, 0.25) is 0 Å². The Bertz CT molecular complexity index is 1920. The minimum atomic E-state index is 0.692. The highest BCUT2D eigenvalue weighted by Crippen LogP contribution is 2.37. The van der Waals surface area contributed by atoms with E-state index in [2.05, 4.69) is 63.4 Å². The molecular weight excluding hydrogens is 546 g/mol. The molecule has 4 aromatic heterocycles. The van der Waals surface area contributed by atoms with Crippen LogP contribution in [-0.2, 0) is 0 Å². The third kappa shape index (κ3) is 3.85. The molecule has 3 aromatic carbocycles. The van der Waals surface area contributed by atoms with E-state index in [1.807, 2.05) is 60.7 Å². The van der Waals surface area contributed by atoms with Crippen LogP contribution in [0.5, 0.6) is 0 Å². The summed E-state index contributed by atoms with van der Waals surface area (Å²) in [5.41, 5.74) is 5.79. The zero-order valence-electron chi connectivity index (χ0n) is 19.6. The van der Waals surface area contributed by atoms with Gasteiger partial charge in [-0.05, 0) is 43.3 Å². The Hall–Kier alpha value is -4.14. The SMILES string of the molecule is Cc1ccc(-c2ccc(-c3cc(-c4nn5c(-c6ccccc6Br)nnc5s4)c4ccccc4n3)o2)cc1. The Kier molecular flexibility index (Phi) is 5.23. The summed E-state index contributed by atoms with van der Waals surface area (Å²) in [6.45, 7) is 2.07. The van der Waals surface area contributed by atoms with Gasteiger partial charge < -0.3 is 4.42 Å². The molecule has 4 heterocycles. The molecule has 0 N–H and O–H groups in total. The smallest absolute Gasteiger partial charge is 0.235 e. The van der Waals surface area contributed by atoms with Gasteiger partial charge in [0, 0.05) is 26.5 Å². The molecule has 7 aromatic rings. The van der Waals surface area contributed by atoms with Gasteiger partial charge in [0.15, 0.2) is 11.6 Å². The molecule has 0 atom stereocenters. The fourth-order valence-electron chi connectivity index (χ4n) is 4.36. The number of rotatable bonds is 4. The maximum Gasteiger partial charge on any atom is 0.235 e. The predicted octanol–water partition coefficient (Wildman–Crippen LogP) is 8.07. The first-order chi connectivity index (χ1) is 18.1. The second-order valence-electron chi connectivity index (χ2n) is 8.71. The van der Waals surface area contributed by atoms with Crippen molar-refractivity contribution in [2.75, 3.05) is 0 Å². The molecule has 6 nitrogen and oxygen atoms in total. The van der Waals surface area contributed by atoms with Gasteiger partial charge in [-0.2, -0.15) is 9.61 Å². The van der Waals surface area contributed by atoms with Crippen molar-refractivity contribution in [1.29, 1.82) is 0 Å². The van der Waals surface area contributed by atoms with Crippen LogP contribution < -0.4 is 0 Å². The van der Waals surface area contributed by atoms with E-state index in [0.29, 0.717) is 11.6 Å². The molecule has 37 heavy (non-hydrogen) atoms. The van der Waals surface area contributed by atoms with Crippen LogP contribution in [0.3, 0.4) is 0 Å². The lowest BCUT2D eigenvalue weighted by molar-refractivity contribution is 0.595. The van der Waals surface area contributed by atoms with Crippen molar-refractivity contribution in [2.45, 2.75) is 6.92 Å². The topological polar surface area (TPSA) is 69.1 Å². The van der Waals surface area contributed by atoms with Gasteiger partial charge in [0.2, 0.25) is 4.96 Å². The number of hydrogen-bond donors (Lipinski definition) is 0. The highest BCUT2D eigenvalue weighted by Gasteiger charge is 2.19. The summed E-state index contributed by atoms with van der Waals surface area (Å²) in [6.07, 6.45) is 0. The first-order valence-corrected chi connectivity index (χ1v) is 13.3. The van der Waals surface area contributed by atoms with Gasteiger partial charge in [0.1, 0.15) is 16.5 Å². The molecule has 0 saturated carbocycles. The standard InChI is InChI=1S/C29H18BrN5OS/c1-17-10-12-18(13-11-17)25-14-15-26(36-25)24-16-21(19-6-3-5-9-23(19)31-24)28-34-35-27(32-33-29(35)37-28)20-7-2-4-8-22(20)30/h2-16H,1H3. The van der Waals surface area contributed by atoms with Gasteiger partial charge in [-0.25, -0.2) is 4.98 Å². The number of halogens is 1. The van der Waals surface area contributed by atoms with Crippen molar-refractivity contribution in [3.63, 3.8) is 0 Å². The third-order valence-electron chi connectivity index (χ3n) is 6.25. The first kappa shape index (κ1) is 22.1. The van der Waals surface area contributed by atoms with Crippen molar-refractivity contribution >= 4 is 43.1 Å². The number of aromatic nitrogens is 5. The van der Waals surface area contributed by atoms with E-state index in [1.54, 1.807) is 4.52 Å². The molecule has 0 radical (unpaired) electrons. The maximum absolute atomic E-state index is 6.26. The third-order valence-corrected chi connectivity index (χ3v) is 7.87. The Morgan fingerprint density at radius 1 is 0.811 bits per heavy atom. The summed E-state index contributed by atoms with van der Waals surface area (Å²) in [5.74, 6) is 2.21. The van der Waals surface area contributed by atoms with Crippen molar-refractivity contribution in [3.8, 4) is 44.7 Å². The van der Waals surface area contributed by atoms with Crippen LogP contribution in [0.15, 0.2) is 99.9 Å². The second-order valence-corrected chi connectivity index (χ2v) is 10.5. The minimum Gasteiger partial charge on any atom is -0.454 e. The average molecular weight is 564 g/mol. The largest absolute Gasteiger partial charge is 0.454 e. The summed E-state index contributed by atoms with van der Waals surface area (Å²) in [7, 11) is 0. The van der Waals surface area contributed by atoms with Gasteiger partial charge in [0.05, 0.1) is 5.52 Å². The fraction of sp³-hybridized carbons (Fsp3) is 0.0345. The summed E-state index contributed by atoms with van der Waals surface area (Å²) in [5, 5.41) is 15.6. The molecule has 0 amide bonds. The van der Waals surface area contributed by atoms with Crippen molar-refractivity contribution < 1.29 is 4.42 Å². The van der Waals surface area contributed by atoms with Gasteiger partial charge in [-0.1, -0.05) is 87.4 Å². The lowest BCUT2D eigenvalue weighted by atomic mass is 10.1. The van der Waals surface area contributed by atoms with E-state index in [-0.39, 0.29) is 0 Å². The Morgan fingerprint density at radius 3 is 2.46 bits per heavy atom. The quantitative estimate of drug-likeness (QED) is 0.216.